The van der Waals surface area contributed by atoms with Gasteiger partial charge in [-0.05, 0) is 30.4 Å². The molecule has 1 saturated heterocycles. The van der Waals surface area contributed by atoms with Crippen LogP contribution in [0.2, 0.25) is 0 Å². The second-order valence-corrected chi connectivity index (χ2v) is 5.57. The minimum Gasteiger partial charge on any atom is -0.467 e. The maximum atomic E-state index is 12.2. The number of non-ortho nitro benzene ring substituents is 1. The van der Waals surface area contributed by atoms with Crippen LogP contribution in [-0.2, 0) is 20.7 Å². The fourth-order valence-electron chi connectivity index (χ4n) is 3.43. The smallest absolute Gasteiger partial charge is 0.328 e. The van der Waals surface area contributed by atoms with E-state index in [1.807, 2.05) is 0 Å². The average molecular weight is 304 g/mol. The summed E-state index contributed by atoms with van der Waals surface area (Å²) in [6.07, 6.45) is 2.16. The predicted octanol–water partition coefficient (Wildman–Crippen LogP) is 1.75. The van der Waals surface area contributed by atoms with Gasteiger partial charge in [0.1, 0.15) is 6.04 Å². The van der Waals surface area contributed by atoms with E-state index in [4.69, 9.17) is 4.74 Å². The highest BCUT2D eigenvalue weighted by Gasteiger charge is 2.43. The predicted molar refractivity (Wildman–Crippen MR) is 76.0 cm³/mol. The van der Waals surface area contributed by atoms with Crippen LogP contribution in [0.4, 0.5) is 5.69 Å². The van der Waals surface area contributed by atoms with E-state index in [2.05, 4.69) is 0 Å². The van der Waals surface area contributed by atoms with Gasteiger partial charge in [0.05, 0.1) is 18.1 Å². The van der Waals surface area contributed by atoms with Crippen molar-refractivity contribution >= 4 is 17.6 Å². The number of hydrogen-bond acceptors (Lipinski definition) is 5. The third kappa shape index (κ3) is 2.22. The van der Waals surface area contributed by atoms with Crippen LogP contribution in [0.3, 0.4) is 0 Å². The molecule has 2 atom stereocenters. The molecule has 7 nitrogen and oxygen atoms in total. The molecule has 1 aromatic carbocycles. The Morgan fingerprint density at radius 3 is 2.82 bits per heavy atom. The second kappa shape index (κ2) is 5.40. The van der Waals surface area contributed by atoms with E-state index in [0.29, 0.717) is 19.3 Å². The van der Waals surface area contributed by atoms with Crippen molar-refractivity contribution in [3.63, 3.8) is 0 Å². The molecule has 1 aliphatic heterocycles. The van der Waals surface area contributed by atoms with Crippen LogP contribution in [0.15, 0.2) is 18.2 Å². The van der Waals surface area contributed by atoms with E-state index in [9.17, 15) is 19.7 Å². The molecular weight excluding hydrogens is 288 g/mol. The number of hydrogen-bond donors (Lipinski definition) is 0. The molecule has 0 aromatic heterocycles. The molecule has 2 unspecified atom stereocenters. The molecule has 7 heteroatoms. The van der Waals surface area contributed by atoms with Gasteiger partial charge >= 0.3 is 5.97 Å². The highest BCUT2D eigenvalue weighted by molar-refractivity contribution is 5.88. The Hall–Kier alpha value is -2.44. The van der Waals surface area contributed by atoms with Gasteiger partial charge in [0.2, 0.25) is 5.91 Å². The number of esters is 1. The third-order valence-electron chi connectivity index (χ3n) is 4.45. The molecule has 1 aliphatic carbocycles. The number of nitro groups is 1. The van der Waals surface area contributed by atoms with Crippen molar-refractivity contribution in [2.24, 2.45) is 0 Å². The lowest BCUT2D eigenvalue weighted by atomic mass is 10.0. The zero-order valence-corrected chi connectivity index (χ0v) is 12.2. The van der Waals surface area contributed by atoms with Gasteiger partial charge in [-0.15, -0.1) is 0 Å². The molecule has 22 heavy (non-hydrogen) atoms. The highest BCUT2D eigenvalue weighted by Crippen LogP contribution is 2.41. The van der Waals surface area contributed by atoms with Gasteiger partial charge in [0.15, 0.2) is 0 Å². The summed E-state index contributed by atoms with van der Waals surface area (Å²) in [6.45, 7) is 0. The molecule has 1 aromatic rings. The molecule has 0 bridgehead atoms. The zero-order valence-electron chi connectivity index (χ0n) is 12.2. The van der Waals surface area contributed by atoms with Crippen LogP contribution < -0.4 is 0 Å². The van der Waals surface area contributed by atoms with Gasteiger partial charge in [-0.1, -0.05) is 6.07 Å². The first-order valence-electron chi connectivity index (χ1n) is 7.19. The molecule has 1 amide bonds. The first-order chi connectivity index (χ1) is 10.5. The summed E-state index contributed by atoms with van der Waals surface area (Å²) in [6, 6.07) is 3.86. The van der Waals surface area contributed by atoms with Gasteiger partial charge in [-0.25, -0.2) is 4.79 Å². The number of nitro benzene ring substituents is 1. The third-order valence-corrected chi connectivity index (χ3v) is 4.45. The first-order valence-corrected chi connectivity index (χ1v) is 7.19. The number of amides is 1. The fraction of sp³-hybridized carbons (Fsp3) is 0.467. The van der Waals surface area contributed by atoms with Crippen molar-refractivity contribution in [3.8, 4) is 0 Å². The van der Waals surface area contributed by atoms with Crippen molar-refractivity contribution in [1.29, 1.82) is 0 Å². The van der Waals surface area contributed by atoms with Crippen molar-refractivity contribution in [3.05, 3.63) is 39.4 Å². The van der Waals surface area contributed by atoms with Crippen molar-refractivity contribution in [2.45, 2.75) is 37.8 Å². The number of nitrogens with zero attached hydrogens (tertiary/aromatic N) is 2. The summed E-state index contributed by atoms with van der Waals surface area (Å²) in [5, 5.41) is 11.0. The minimum absolute atomic E-state index is 0.00640. The lowest BCUT2D eigenvalue weighted by Crippen LogP contribution is -2.41. The first kappa shape index (κ1) is 14.5. The Morgan fingerprint density at radius 2 is 2.14 bits per heavy atom. The van der Waals surface area contributed by atoms with E-state index in [1.165, 1.54) is 19.2 Å². The summed E-state index contributed by atoms with van der Waals surface area (Å²) >= 11 is 0. The number of rotatable bonds is 3. The van der Waals surface area contributed by atoms with Gasteiger partial charge in [0, 0.05) is 18.6 Å². The molecule has 0 radical (unpaired) electrons. The lowest BCUT2D eigenvalue weighted by molar-refractivity contribution is -0.384. The molecular formula is C15H16N2O5. The topological polar surface area (TPSA) is 89.8 Å². The molecule has 2 aliphatic rings. The monoisotopic (exact) mass is 304 g/mol. The van der Waals surface area contributed by atoms with Gasteiger partial charge in [-0.2, -0.15) is 0 Å². The van der Waals surface area contributed by atoms with E-state index in [1.54, 1.807) is 11.0 Å². The van der Waals surface area contributed by atoms with E-state index >= 15 is 0 Å². The number of likely N-dealkylation sites (tertiary alicyclic amines) is 1. The van der Waals surface area contributed by atoms with E-state index in [-0.39, 0.29) is 17.6 Å². The van der Waals surface area contributed by atoms with Crippen LogP contribution in [0.5, 0.6) is 0 Å². The zero-order chi connectivity index (χ0) is 15.9. The number of carbonyl (C=O) groups excluding carboxylic acids is 2. The van der Waals surface area contributed by atoms with Crippen molar-refractivity contribution < 1.29 is 19.2 Å². The Kier molecular flexibility index (Phi) is 3.56. The summed E-state index contributed by atoms with van der Waals surface area (Å²) in [5.74, 6) is -0.524. The summed E-state index contributed by atoms with van der Waals surface area (Å²) < 4.78 is 4.78. The molecule has 1 fully saturated rings. The van der Waals surface area contributed by atoms with Crippen LogP contribution in [0.1, 0.15) is 36.4 Å². The number of carbonyl (C=O) groups is 2. The van der Waals surface area contributed by atoms with Crippen LogP contribution in [-0.4, -0.2) is 34.9 Å². The number of ether oxygens (including phenoxy) is 1. The Morgan fingerprint density at radius 1 is 1.36 bits per heavy atom. The number of aryl methyl sites for hydroxylation is 1. The Labute approximate surface area is 127 Å². The lowest BCUT2D eigenvalue weighted by Gasteiger charge is -2.29. The Bertz CT molecular complexity index is 657. The molecule has 116 valence electrons. The van der Waals surface area contributed by atoms with Crippen LogP contribution in [0.25, 0.3) is 0 Å². The number of fused-ring (bicyclic) bond motifs is 1. The van der Waals surface area contributed by atoms with Crippen molar-refractivity contribution in [2.75, 3.05) is 7.11 Å². The van der Waals surface area contributed by atoms with Crippen LogP contribution >= 0.6 is 0 Å². The highest BCUT2D eigenvalue weighted by atomic mass is 16.6. The maximum absolute atomic E-state index is 12.2. The standard InChI is InChI=1S/C15H16N2O5/c1-22-15(19)13-6-7-14(18)16(13)12-5-3-9-2-4-10(17(20)21)8-11(9)12/h2,4,8,12-13H,3,5-7H2,1H3. The number of benzene rings is 1. The molecule has 1 heterocycles. The summed E-state index contributed by atoms with van der Waals surface area (Å²) in [5.41, 5.74) is 1.78. The van der Waals surface area contributed by atoms with Crippen molar-refractivity contribution in [1.82, 2.24) is 4.90 Å². The Balaban J connectivity index is 1.97. The van der Waals surface area contributed by atoms with Gasteiger partial charge < -0.3 is 9.64 Å². The quantitative estimate of drug-likeness (QED) is 0.482. The van der Waals surface area contributed by atoms with Crippen LogP contribution in [0, 0.1) is 10.1 Å². The maximum Gasteiger partial charge on any atom is 0.328 e. The van der Waals surface area contributed by atoms with Gasteiger partial charge in [-0.3, -0.25) is 14.9 Å². The van der Waals surface area contributed by atoms with E-state index in [0.717, 1.165) is 17.5 Å². The molecule has 0 spiro atoms. The average Bonchev–Trinajstić information content (AvgIpc) is 3.08. The largest absolute Gasteiger partial charge is 0.467 e. The van der Waals surface area contributed by atoms with Gasteiger partial charge in [0.25, 0.3) is 5.69 Å². The SMILES string of the molecule is COC(=O)C1CCC(=O)N1C1CCc2ccc([N+](=O)[O-])cc21. The second-order valence-electron chi connectivity index (χ2n) is 5.57. The fourth-order valence-corrected chi connectivity index (χ4v) is 3.43. The summed E-state index contributed by atoms with van der Waals surface area (Å²) in [7, 11) is 1.30. The number of methoxy groups -OCH3 is 1. The summed E-state index contributed by atoms with van der Waals surface area (Å²) in [4.78, 5) is 36.2. The van der Waals surface area contributed by atoms with E-state index < -0.39 is 16.9 Å². The molecule has 0 N–H and O–H groups in total. The molecule has 0 saturated carbocycles. The molecule has 3 rings (SSSR count). The normalized spacial score (nSPS) is 23.5. The minimum atomic E-state index is -0.590.